The number of hydrogen-bond donors (Lipinski definition) is 3. The van der Waals surface area contributed by atoms with Crippen LogP contribution in [-0.4, -0.2) is 60.0 Å². The number of carbonyl (C=O) groups is 1. The van der Waals surface area contributed by atoms with Gasteiger partial charge in [0.15, 0.2) is 0 Å². The number of hydrogen-bond acceptors (Lipinski definition) is 6. The number of aromatic nitrogens is 1. The minimum atomic E-state index is -0.531. The van der Waals surface area contributed by atoms with Crippen LogP contribution in [-0.2, 0) is 0 Å². The van der Waals surface area contributed by atoms with Gasteiger partial charge in [0.25, 0.3) is 11.6 Å². The van der Waals surface area contributed by atoms with Crippen molar-refractivity contribution in [2.75, 3.05) is 39.3 Å². The number of nitro benzene ring substituents is 1. The van der Waals surface area contributed by atoms with E-state index in [1.165, 1.54) is 24.3 Å². The lowest BCUT2D eigenvalue weighted by atomic mass is 10.1. The lowest BCUT2D eigenvalue weighted by Gasteiger charge is -2.27. The van der Waals surface area contributed by atoms with E-state index in [0.717, 1.165) is 26.2 Å². The number of benzene rings is 1. The van der Waals surface area contributed by atoms with E-state index in [0.29, 0.717) is 24.0 Å². The van der Waals surface area contributed by atoms with E-state index < -0.39 is 16.4 Å². The van der Waals surface area contributed by atoms with E-state index in [2.05, 4.69) is 20.5 Å². The zero-order valence-corrected chi connectivity index (χ0v) is 14.8. The van der Waals surface area contributed by atoms with Crippen LogP contribution in [0.15, 0.2) is 29.1 Å². The monoisotopic (exact) mass is 381 g/mol. The van der Waals surface area contributed by atoms with Crippen molar-refractivity contribution in [1.82, 2.24) is 20.5 Å². The second-order valence-corrected chi connectivity index (χ2v) is 5.88. The number of piperazine rings is 1. The molecule has 140 valence electrons. The quantitative estimate of drug-likeness (QED) is 0.512. The molecule has 10 heteroatoms. The number of non-ortho nitro benzene ring substituents is 1. The molecule has 3 rings (SSSR count). The Labute approximate surface area is 155 Å². The van der Waals surface area contributed by atoms with Crippen LogP contribution in [0.1, 0.15) is 10.4 Å². The summed E-state index contributed by atoms with van der Waals surface area (Å²) < 4.78 is 0. The molecule has 0 unspecified atom stereocenters. The Balaban J connectivity index is 0.00000243. The Morgan fingerprint density at radius 1 is 1.27 bits per heavy atom. The van der Waals surface area contributed by atoms with Crippen molar-refractivity contribution in [2.24, 2.45) is 0 Å². The van der Waals surface area contributed by atoms with Crippen molar-refractivity contribution < 1.29 is 9.72 Å². The second-order valence-electron chi connectivity index (χ2n) is 5.88. The first-order valence-corrected chi connectivity index (χ1v) is 8.07. The smallest absolute Gasteiger partial charge is 0.270 e. The van der Waals surface area contributed by atoms with Gasteiger partial charge in [0.1, 0.15) is 0 Å². The number of rotatable bonds is 5. The van der Waals surface area contributed by atoms with Gasteiger partial charge in [-0.05, 0) is 6.07 Å². The average molecular weight is 382 g/mol. The fourth-order valence-corrected chi connectivity index (χ4v) is 2.90. The Hall–Kier alpha value is -2.49. The Morgan fingerprint density at radius 2 is 2.00 bits per heavy atom. The van der Waals surface area contributed by atoms with Gasteiger partial charge >= 0.3 is 0 Å². The molecule has 1 aromatic carbocycles. The summed E-state index contributed by atoms with van der Waals surface area (Å²) >= 11 is 0. The van der Waals surface area contributed by atoms with Gasteiger partial charge in [-0.3, -0.25) is 24.6 Å². The molecular formula is C16H20ClN5O4. The summed E-state index contributed by atoms with van der Waals surface area (Å²) in [4.78, 5) is 39.5. The molecule has 1 aliphatic rings. The zero-order chi connectivity index (χ0) is 17.8. The van der Waals surface area contributed by atoms with Crippen LogP contribution in [0.3, 0.4) is 0 Å². The SMILES string of the molecule is Cl.O=C(NCCN1CCNCC1)c1cc(=O)[nH]c2ccc([N+](=O)[O-])cc12. The van der Waals surface area contributed by atoms with Crippen molar-refractivity contribution in [3.63, 3.8) is 0 Å². The molecule has 1 aliphatic heterocycles. The molecule has 0 bridgehead atoms. The number of halogens is 1. The Morgan fingerprint density at radius 3 is 2.69 bits per heavy atom. The van der Waals surface area contributed by atoms with E-state index >= 15 is 0 Å². The highest BCUT2D eigenvalue weighted by Crippen LogP contribution is 2.21. The number of amides is 1. The van der Waals surface area contributed by atoms with Gasteiger partial charge in [0.05, 0.1) is 10.5 Å². The summed E-state index contributed by atoms with van der Waals surface area (Å²) in [7, 11) is 0. The molecule has 0 aliphatic carbocycles. The minimum absolute atomic E-state index is 0. The first-order chi connectivity index (χ1) is 12.0. The van der Waals surface area contributed by atoms with Crippen molar-refractivity contribution >= 4 is 34.9 Å². The lowest BCUT2D eigenvalue weighted by Crippen LogP contribution is -2.46. The minimum Gasteiger partial charge on any atom is -0.351 e. The summed E-state index contributed by atoms with van der Waals surface area (Å²) in [5.41, 5.74) is -0.0175. The number of nitro groups is 1. The van der Waals surface area contributed by atoms with Gasteiger partial charge in [-0.25, -0.2) is 0 Å². The van der Waals surface area contributed by atoms with Gasteiger partial charge < -0.3 is 15.6 Å². The zero-order valence-electron chi connectivity index (χ0n) is 14.0. The first kappa shape index (κ1) is 19.8. The molecule has 1 saturated heterocycles. The van der Waals surface area contributed by atoms with Crippen LogP contribution in [0, 0.1) is 10.1 Å². The number of aromatic amines is 1. The molecule has 3 N–H and O–H groups in total. The van der Waals surface area contributed by atoms with Crippen molar-refractivity contribution in [3.05, 3.63) is 50.3 Å². The number of nitrogens with zero attached hydrogens (tertiary/aromatic N) is 2. The molecule has 0 saturated carbocycles. The standard InChI is InChI=1S/C16H19N5O4.ClH/c22-15-10-13(12-9-11(21(24)25)1-2-14(12)19-15)16(23)18-5-8-20-6-3-17-4-7-20;/h1-2,9-10,17H,3-8H2,(H,18,23)(H,19,22);1H. The van der Waals surface area contributed by atoms with Gasteiger partial charge in [-0.1, -0.05) is 0 Å². The number of H-pyrrole nitrogens is 1. The van der Waals surface area contributed by atoms with Crippen molar-refractivity contribution in [3.8, 4) is 0 Å². The molecule has 0 radical (unpaired) electrons. The van der Waals surface area contributed by atoms with Crippen molar-refractivity contribution in [2.45, 2.75) is 0 Å². The average Bonchev–Trinajstić information content (AvgIpc) is 2.61. The van der Waals surface area contributed by atoms with Gasteiger partial charge in [0, 0.05) is 68.4 Å². The van der Waals surface area contributed by atoms with Gasteiger partial charge in [-0.2, -0.15) is 0 Å². The molecule has 2 aromatic rings. The molecule has 0 spiro atoms. The van der Waals surface area contributed by atoms with Gasteiger partial charge in [0.2, 0.25) is 5.56 Å². The maximum absolute atomic E-state index is 12.5. The topological polar surface area (TPSA) is 120 Å². The molecule has 1 aromatic heterocycles. The maximum Gasteiger partial charge on any atom is 0.270 e. The van der Waals surface area contributed by atoms with E-state index in [9.17, 15) is 19.7 Å². The van der Waals surface area contributed by atoms with Gasteiger partial charge in [-0.15, -0.1) is 12.4 Å². The van der Waals surface area contributed by atoms with E-state index in [4.69, 9.17) is 0 Å². The number of pyridine rings is 1. The second kappa shape index (κ2) is 8.75. The van der Waals surface area contributed by atoms with E-state index in [-0.39, 0.29) is 23.7 Å². The van der Waals surface area contributed by atoms with Crippen LogP contribution in [0.5, 0.6) is 0 Å². The van der Waals surface area contributed by atoms with E-state index in [1.54, 1.807) is 0 Å². The van der Waals surface area contributed by atoms with Crippen LogP contribution in [0.4, 0.5) is 5.69 Å². The first-order valence-electron chi connectivity index (χ1n) is 8.07. The lowest BCUT2D eigenvalue weighted by molar-refractivity contribution is -0.384. The van der Waals surface area contributed by atoms with Crippen LogP contribution < -0.4 is 16.2 Å². The molecule has 2 heterocycles. The Bertz CT molecular complexity index is 863. The summed E-state index contributed by atoms with van der Waals surface area (Å²) in [6.07, 6.45) is 0. The molecule has 9 nitrogen and oxygen atoms in total. The third-order valence-corrected chi connectivity index (χ3v) is 4.21. The third-order valence-electron chi connectivity index (χ3n) is 4.21. The molecule has 1 fully saturated rings. The molecular weight excluding hydrogens is 362 g/mol. The predicted octanol–water partition coefficient (Wildman–Crippen LogP) is 0.493. The predicted molar refractivity (Wildman–Crippen MR) is 100 cm³/mol. The molecule has 26 heavy (non-hydrogen) atoms. The molecule has 0 atom stereocenters. The summed E-state index contributed by atoms with van der Waals surface area (Å²) in [6, 6.07) is 5.21. The van der Waals surface area contributed by atoms with Crippen LogP contribution in [0.2, 0.25) is 0 Å². The normalized spacial score (nSPS) is 14.6. The van der Waals surface area contributed by atoms with Crippen molar-refractivity contribution in [1.29, 1.82) is 0 Å². The number of fused-ring (bicyclic) bond motifs is 1. The number of carbonyl (C=O) groups excluding carboxylic acids is 1. The third kappa shape index (κ3) is 4.57. The summed E-state index contributed by atoms with van der Waals surface area (Å²) in [5.74, 6) is -0.410. The highest BCUT2D eigenvalue weighted by molar-refractivity contribution is 6.06. The fraction of sp³-hybridized carbons (Fsp3) is 0.375. The van der Waals surface area contributed by atoms with Crippen LogP contribution >= 0.6 is 12.4 Å². The molecule has 1 amide bonds. The highest BCUT2D eigenvalue weighted by Gasteiger charge is 2.16. The largest absolute Gasteiger partial charge is 0.351 e. The summed E-state index contributed by atoms with van der Waals surface area (Å²) in [6.45, 7) is 4.87. The van der Waals surface area contributed by atoms with Crippen LogP contribution in [0.25, 0.3) is 10.9 Å². The summed E-state index contributed by atoms with van der Waals surface area (Å²) in [5, 5.41) is 17.4. The Kier molecular flexibility index (Phi) is 6.67. The maximum atomic E-state index is 12.5. The number of nitrogens with one attached hydrogen (secondary N) is 3. The fourth-order valence-electron chi connectivity index (χ4n) is 2.90. The van der Waals surface area contributed by atoms with E-state index in [1.807, 2.05) is 0 Å². The highest BCUT2D eigenvalue weighted by atomic mass is 35.5.